The van der Waals surface area contributed by atoms with Gasteiger partial charge < -0.3 is 24.8 Å². The molecule has 1 saturated carbocycles. The van der Waals surface area contributed by atoms with Gasteiger partial charge in [-0.2, -0.15) is 0 Å². The number of aromatic nitrogens is 5. The lowest BCUT2D eigenvalue weighted by Crippen LogP contribution is -2.54. The molecular weight excluding hydrogens is 722 g/mol. The van der Waals surface area contributed by atoms with Crippen LogP contribution in [0.1, 0.15) is 75.0 Å². The molecule has 18 nitrogen and oxygen atoms in total. The maximum Gasteiger partial charge on any atom is 0.270 e. The summed E-state index contributed by atoms with van der Waals surface area (Å²) in [6.45, 7) is 5.66. The van der Waals surface area contributed by atoms with E-state index in [4.69, 9.17) is 4.74 Å². The number of imidazole rings is 1. The van der Waals surface area contributed by atoms with Crippen LogP contribution in [0.15, 0.2) is 49.1 Å². The SMILES string of the molecule is Cc1cccc(C(=O)NC2CC(n3cnc4c(NCCCN5CCN(C(=O)COc6ccc7c(c6)C(=O)N(C6CCC(=O)NC6=O)C7=O)CC5)ncnc43)C2)n1. The number of carbonyl (C=O) groups excluding carboxylic acids is 6. The third-order valence-corrected chi connectivity index (χ3v) is 10.8. The van der Waals surface area contributed by atoms with Gasteiger partial charge in [-0.3, -0.25) is 43.9 Å². The molecule has 0 radical (unpaired) electrons. The number of ether oxygens (including phenoxy) is 1. The molecule has 18 heteroatoms. The number of nitrogens with zero attached hydrogens (tertiary/aromatic N) is 8. The molecule has 0 bridgehead atoms. The van der Waals surface area contributed by atoms with Crippen LogP contribution in [0.4, 0.5) is 5.82 Å². The molecular formula is C38H41N11O7. The molecule has 3 N–H and O–H groups in total. The fraction of sp³-hybridized carbons (Fsp3) is 0.421. The Morgan fingerprint density at radius 3 is 2.55 bits per heavy atom. The van der Waals surface area contributed by atoms with Gasteiger partial charge in [0, 0.05) is 56.9 Å². The minimum atomic E-state index is -1.06. The number of fused-ring (bicyclic) bond motifs is 2. The van der Waals surface area contributed by atoms with E-state index in [0.717, 1.165) is 42.0 Å². The number of aryl methyl sites for hydroxylation is 1. The van der Waals surface area contributed by atoms with Crippen molar-refractivity contribution in [1.82, 2.24) is 49.8 Å². The topological polar surface area (TPSA) is 214 Å². The number of piperidine rings is 1. The van der Waals surface area contributed by atoms with E-state index in [0.29, 0.717) is 49.8 Å². The molecule has 6 amide bonds. The van der Waals surface area contributed by atoms with E-state index < -0.39 is 29.7 Å². The van der Waals surface area contributed by atoms with Crippen molar-refractivity contribution in [1.29, 1.82) is 0 Å². The van der Waals surface area contributed by atoms with Crippen LogP contribution in [0.2, 0.25) is 0 Å². The van der Waals surface area contributed by atoms with Gasteiger partial charge in [0.05, 0.1) is 17.5 Å². The summed E-state index contributed by atoms with van der Waals surface area (Å²) in [5, 5.41) is 8.65. The van der Waals surface area contributed by atoms with Crippen molar-refractivity contribution in [3.05, 3.63) is 71.6 Å². The Kier molecular flexibility index (Phi) is 10.1. The molecule has 6 heterocycles. The Balaban J connectivity index is 0.752. The number of anilines is 1. The number of pyridine rings is 1. The van der Waals surface area contributed by atoms with Crippen molar-refractivity contribution in [2.45, 2.75) is 57.2 Å². The van der Waals surface area contributed by atoms with Gasteiger partial charge in [-0.1, -0.05) is 6.07 Å². The Hall–Kier alpha value is -6.30. The van der Waals surface area contributed by atoms with E-state index in [1.54, 1.807) is 17.3 Å². The van der Waals surface area contributed by atoms with Gasteiger partial charge in [0.2, 0.25) is 11.8 Å². The zero-order chi connectivity index (χ0) is 38.9. The lowest BCUT2D eigenvalue weighted by molar-refractivity contribution is -0.136. The van der Waals surface area contributed by atoms with Gasteiger partial charge in [0.1, 0.15) is 29.3 Å². The highest BCUT2D eigenvalue weighted by molar-refractivity contribution is 6.23. The molecule has 4 aromatic rings. The number of nitrogens with one attached hydrogen (secondary N) is 3. The third-order valence-electron chi connectivity index (χ3n) is 10.8. The van der Waals surface area contributed by atoms with Crippen molar-refractivity contribution in [3.63, 3.8) is 0 Å². The minimum absolute atomic E-state index is 0.0362. The second-order valence-electron chi connectivity index (χ2n) is 14.5. The number of imide groups is 2. The van der Waals surface area contributed by atoms with Crippen molar-refractivity contribution in [3.8, 4) is 5.75 Å². The highest BCUT2D eigenvalue weighted by Gasteiger charge is 2.45. The first-order valence-electron chi connectivity index (χ1n) is 18.8. The number of benzene rings is 1. The molecule has 3 aliphatic heterocycles. The number of rotatable bonds is 12. The van der Waals surface area contributed by atoms with Crippen LogP contribution in [0.5, 0.6) is 5.75 Å². The summed E-state index contributed by atoms with van der Waals surface area (Å²) in [5.41, 5.74) is 2.91. The van der Waals surface area contributed by atoms with Gasteiger partial charge in [-0.15, -0.1) is 0 Å². The Morgan fingerprint density at radius 1 is 0.964 bits per heavy atom. The van der Waals surface area contributed by atoms with Gasteiger partial charge in [0.15, 0.2) is 18.1 Å². The average molecular weight is 764 g/mol. The predicted molar refractivity (Wildman–Crippen MR) is 199 cm³/mol. The number of hydrogen-bond acceptors (Lipinski definition) is 13. The zero-order valence-corrected chi connectivity index (χ0v) is 30.8. The smallest absolute Gasteiger partial charge is 0.270 e. The van der Waals surface area contributed by atoms with Crippen LogP contribution in [-0.2, 0) is 14.4 Å². The maximum absolute atomic E-state index is 13.1. The lowest BCUT2D eigenvalue weighted by Gasteiger charge is -2.36. The molecule has 2 saturated heterocycles. The standard InChI is InChI=1S/C38H41N11O7/c1-22-4-2-5-28(43-22)35(52)44-23-16-24(17-23)48-21-42-32-33(40-20-41-34(32)48)39-10-3-11-46-12-14-47(15-13-46)31(51)19-56-25-6-7-26-27(18-25)38(55)49(37(26)54)29-8-9-30(50)45-36(29)53/h2,4-7,18,20-21,23-24,29H,3,8-17,19H2,1H3,(H,44,52)(H,39,40,41)(H,45,50,53). The average Bonchev–Trinajstić information content (AvgIpc) is 3.71. The fourth-order valence-electron chi connectivity index (χ4n) is 7.62. The second kappa shape index (κ2) is 15.4. The van der Waals surface area contributed by atoms with Crippen molar-refractivity contribution in [2.75, 3.05) is 51.2 Å². The van der Waals surface area contributed by atoms with Crippen molar-refractivity contribution < 1.29 is 33.5 Å². The summed E-state index contributed by atoms with van der Waals surface area (Å²) in [6, 6.07) is 8.97. The number of piperazine rings is 1. The molecule has 1 aliphatic carbocycles. The van der Waals surface area contributed by atoms with E-state index in [2.05, 4.69) is 45.4 Å². The quantitative estimate of drug-likeness (QED) is 0.136. The van der Waals surface area contributed by atoms with E-state index in [1.807, 2.05) is 19.1 Å². The second-order valence-corrected chi connectivity index (χ2v) is 14.5. The molecule has 4 aliphatic rings. The molecule has 3 fully saturated rings. The lowest BCUT2D eigenvalue weighted by atomic mass is 9.86. The summed E-state index contributed by atoms with van der Waals surface area (Å²) in [7, 11) is 0. The van der Waals surface area contributed by atoms with Crippen molar-refractivity contribution >= 4 is 52.4 Å². The molecule has 1 atom stereocenters. The molecule has 1 aromatic carbocycles. The zero-order valence-electron chi connectivity index (χ0n) is 30.8. The highest BCUT2D eigenvalue weighted by Crippen LogP contribution is 2.35. The van der Waals surface area contributed by atoms with Gasteiger partial charge in [0.25, 0.3) is 23.6 Å². The molecule has 3 aromatic heterocycles. The van der Waals surface area contributed by atoms with E-state index in [-0.39, 0.29) is 60.2 Å². The number of hydrogen-bond donors (Lipinski definition) is 3. The fourth-order valence-corrected chi connectivity index (χ4v) is 7.62. The van der Waals surface area contributed by atoms with Crippen LogP contribution in [0, 0.1) is 6.92 Å². The van der Waals surface area contributed by atoms with Crippen LogP contribution in [-0.4, -0.2) is 133 Å². The number of amides is 6. The molecule has 1 unspecified atom stereocenters. The largest absolute Gasteiger partial charge is 0.484 e. The van der Waals surface area contributed by atoms with E-state index in [1.165, 1.54) is 24.5 Å². The Labute approximate surface area is 321 Å². The Bertz CT molecular complexity index is 2230. The number of carbonyl (C=O) groups is 6. The van der Waals surface area contributed by atoms with E-state index >= 15 is 0 Å². The first-order valence-corrected chi connectivity index (χ1v) is 18.8. The van der Waals surface area contributed by atoms with Crippen molar-refractivity contribution in [2.24, 2.45) is 0 Å². The Morgan fingerprint density at radius 2 is 1.77 bits per heavy atom. The van der Waals surface area contributed by atoms with Gasteiger partial charge in [-0.05, 0) is 69.5 Å². The summed E-state index contributed by atoms with van der Waals surface area (Å²) < 4.78 is 7.78. The monoisotopic (exact) mass is 763 g/mol. The molecule has 8 rings (SSSR count). The normalized spacial score (nSPS) is 21.1. The summed E-state index contributed by atoms with van der Waals surface area (Å²) in [5.74, 6) is -1.78. The summed E-state index contributed by atoms with van der Waals surface area (Å²) in [4.78, 5) is 98.3. The maximum atomic E-state index is 13.1. The molecule has 56 heavy (non-hydrogen) atoms. The summed E-state index contributed by atoms with van der Waals surface area (Å²) in [6.07, 6.45) is 5.82. The van der Waals surface area contributed by atoms with Crippen LogP contribution >= 0.6 is 0 Å². The van der Waals surface area contributed by atoms with Crippen LogP contribution in [0.3, 0.4) is 0 Å². The first kappa shape index (κ1) is 36.7. The summed E-state index contributed by atoms with van der Waals surface area (Å²) >= 11 is 0. The first-order chi connectivity index (χ1) is 27.1. The van der Waals surface area contributed by atoms with Gasteiger partial charge in [-0.25, -0.2) is 19.9 Å². The molecule has 0 spiro atoms. The van der Waals surface area contributed by atoms with E-state index in [9.17, 15) is 28.8 Å². The minimum Gasteiger partial charge on any atom is -0.484 e. The van der Waals surface area contributed by atoms with Gasteiger partial charge >= 0.3 is 0 Å². The van der Waals surface area contributed by atoms with Crippen LogP contribution in [0.25, 0.3) is 11.2 Å². The third kappa shape index (κ3) is 7.38. The van der Waals surface area contributed by atoms with Crippen LogP contribution < -0.4 is 20.7 Å². The highest BCUT2D eigenvalue weighted by atomic mass is 16.5. The molecule has 290 valence electrons. The predicted octanol–water partition coefficient (Wildman–Crippen LogP) is 1.09.